The summed E-state index contributed by atoms with van der Waals surface area (Å²) in [6.07, 6.45) is 1.70. The van der Waals surface area contributed by atoms with E-state index in [1.807, 2.05) is 6.07 Å². The van der Waals surface area contributed by atoms with E-state index in [-0.39, 0.29) is 11.7 Å². The minimum atomic E-state index is -0.165. The third kappa shape index (κ3) is 4.88. The molecular weight excluding hydrogens is 352 g/mol. The van der Waals surface area contributed by atoms with Gasteiger partial charge in [-0.1, -0.05) is 31.2 Å². The normalized spacial score (nSPS) is 15.5. The number of likely N-dealkylation sites (N-methyl/N-ethyl adjacent to an activating group) is 1. The van der Waals surface area contributed by atoms with Gasteiger partial charge in [-0.25, -0.2) is 0 Å². The highest BCUT2D eigenvalue weighted by atomic mass is 16.2. The van der Waals surface area contributed by atoms with Gasteiger partial charge in [0.25, 0.3) is 5.91 Å². The predicted molar refractivity (Wildman–Crippen MR) is 110 cm³/mol. The van der Waals surface area contributed by atoms with E-state index in [1.54, 1.807) is 23.9 Å². The Morgan fingerprint density at radius 2 is 1.68 bits per heavy atom. The number of nitrogens with one attached hydrogen (secondary N) is 1. The van der Waals surface area contributed by atoms with Crippen LogP contribution in [0.15, 0.2) is 36.5 Å². The molecule has 150 valence electrons. The predicted octanol–water partition coefficient (Wildman–Crippen LogP) is 2.30. The molecule has 0 aliphatic carbocycles. The van der Waals surface area contributed by atoms with Crippen molar-refractivity contribution in [1.29, 1.82) is 0 Å². The van der Waals surface area contributed by atoms with E-state index in [1.165, 1.54) is 12.5 Å². The van der Waals surface area contributed by atoms with E-state index < -0.39 is 0 Å². The van der Waals surface area contributed by atoms with E-state index in [0.29, 0.717) is 17.8 Å². The van der Waals surface area contributed by atoms with E-state index in [0.717, 1.165) is 44.8 Å². The molecule has 6 heteroatoms. The topological polar surface area (TPSA) is 57.6 Å². The Balaban J connectivity index is 1.62. The minimum Gasteiger partial charge on any atom is -0.347 e. The van der Waals surface area contributed by atoms with Gasteiger partial charge in [0.2, 0.25) is 0 Å². The molecule has 1 fully saturated rings. The quantitative estimate of drug-likeness (QED) is 0.747. The van der Waals surface area contributed by atoms with Crippen molar-refractivity contribution in [3.8, 4) is 0 Å². The lowest BCUT2D eigenvalue weighted by Gasteiger charge is -2.34. The van der Waals surface area contributed by atoms with Gasteiger partial charge in [0, 0.05) is 58.1 Å². The summed E-state index contributed by atoms with van der Waals surface area (Å²) >= 11 is 0. The van der Waals surface area contributed by atoms with Crippen LogP contribution >= 0.6 is 0 Å². The zero-order chi connectivity index (χ0) is 20.1. The molecule has 1 aromatic carbocycles. The maximum absolute atomic E-state index is 12.6. The van der Waals surface area contributed by atoms with Crippen LogP contribution in [0.4, 0.5) is 0 Å². The van der Waals surface area contributed by atoms with Crippen molar-refractivity contribution in [1.82, 2.24) is 19.7 Å². The summed E-state index contributed by atoms with van der Waals surface area (Å²) in [7, 11) is 1.78. The molecule has 1 saturated heterocycles. The molecule has 28 heavy (non-hydrogen) atoms. The third-order valence-electron chi connectivity index (χ3n) is 5.51. The van der Waals surface area contributed by atoms with Crippen molar-refractivity contribution in [3.05, 3.63) is 58.9 Å². The number of benzene rings is 1. The second-order valence-electron chi connectivity index (χ2n) is 7.44. The molecule has 3 rings (SSSR count). The Kier molecular flexibility index (Phi) is 6.65. The molecule has 1 N–H and O–H groups in total. The molecule has 2 heterocycles. The summed E-state index contributed by atoms with van der Waals surface area (Å²) in [5.74, 6) is -0.204. The maximum Gasteiger partial charge on any atom is 0.268 e. The van der Waals surface area contributed by atoms with Gasteiger partial charge in [0.15, 0.2) is 5.78 Å². The number of hydrogen-bond acceptors (Lipinski definition) is 4. The lowest BCUT2D eigenvalue weighted by atomic mass is 10.1. The van der Waals surface area contributed by atoms with Crippen LogP contribution in [0.1, 0.15) is 45.8 Å². The van der Waals surface area contributed by atoms with Crippen LogP contribution in [-0.2, 0) is 20.1 Å². The molecule has 2 aromatic rings. The first-order valence-corrected chi connectivity index (χ1v) is 9.95. The molecule has 0 bridgehead atoms. The fraction of sp³-hybridized carbons (Fsp3) is 0.455. The third-order valence-corrected chi connectivity index (χ3v) is 5.51. The smallest absolute Gasteiger partial charge is 0.268 e. The number of aryl methyl sites for hydroxylation is 1. The van der Waals surface area contributed by atoms with Crippen LogP contribution in [0.5, 0.6) is 0 Å². The fourth-order valence-corrected chi connectivity index (χ4v) is 3.64. The molecule has 0 atom stereocenters. The van der Waals surface area contributed by atoms with Crippen molar-refractivity contribution in [3.63, 3.8) is 0 Å². The van der Waals surface area contributed by atoms with E-state index in [9.17, 15) is 9.59 Å². The number of carbonyl (C=O) groups is 2. The van der Waals surface area contributed by atoms with E-state index >= 15 is 0 Å². The van der Waals surface area contributed by atoms with Crippen molar-refractivity contribution >= 4 is 11.7 Å². The van der Waals surface area contributed by atoms with Gasteiger partial charge in [-0.05, 0) is 30.7 Å². The number of ketones is 1. The van der Waals surface area contributed by atoms with Gasteiger partial charge in [-0.3, -0.25) is 14.5 Å². The number of amides is 1. The Morgan fingerprint density at radius 3 is 2.29 bits per heavy atom. The van der Waals surface area contributed by atoms with Crippen molar-refractivity contribution in [2.45, 2.75) is 26.9 Å². The second kappa shape index (κ2) is 9.17. The fourth-order valence-electron chi connectivity index (χ4n) is 3.64. The average Bonchev–Trinajstić information content (AvgIpc) is 3.10. The Hall–Kier alpha value is -2.44. The number of Topliss-reactive ketones (excluding diaryl/α,β-unsaturated/α-hetero) is 1. The van der Waals surface area contributed by atoms with Gasteiger partial charge in [-0.2, -0.15) is 0 Å². The van der Waals surface area contributed by atoms with E-state index in [4.69, 9.17) is 0 Å². The number of hydrogen-bond donors (Lipinski definition) is 1. The zero-order valence-corrected chi connectivity index (χ0v) is 17.1. The van der Waals surface area contributed by atoms with Gasteiger partial charge in [-0.15, -0.1) is 0 Å². The highest BCUT2D eigenvalue weighted by Gasteiger charge is 2.17. The lowest BCUT2D eigenvalue weighted by Crippen LogP contribution is -2.45. The number of nitrogens with zero attached hydrogens (tertiary/aromatic N) is 3. The summed E-state index contributed by atoms with van der Waals surface area (Å²) in [5, 5.41) is 3.00. The maximum atomic E-state index is 12.6. The molecular formula is C22H30N4O2. The molecule has 1 aliphatic heterocycles. The summed E-state index contributed by atoms with van der Waals surface area (Å²) in [6, 6.07) is 9.93. The summed E-state index contributed by atoms with van der Waals surface area (Å²) in [4.78, 5) is 29.1. The SMILES string of the molecule is CCN1CCN(Cc2ccccc2CNC(=O)c2cc(C(C)=O)cn2C)CC1. The Morgan fingerprint density at radius 1 is 1.04 bits per heavy atom. The molecule has 6 nitrogen and oxygen atoms in total. The number of rotatable bonds is 7. The standard InChI is InChI=1S/C22H30N4O2/c1-4-25-9-11-26(12-10-25)16-19-8-6-5-7-18(19)14-23-22(28)21-13-20(17(2)27)15-24(21)3/h5-8,13,15H,4,9-12,14,16H2,1-3H3,(H,23,28). The first-order valence-electron chi connectivity index (χ1n) is 9.95. The van der Waals surface area contributed by atoms with Crippen molar-refractivity contribution in [2.24, 2.45) is 7.05 Å². The molecule has 0 saturated carbocycles. The van der Waals surface area contributed by atoms with Crippen LogP contribution in [0.3, 0.4) is 0 Å². The monoisotopic (exact) mass is 382 g/mol. The molecule has 0 radical (unpaired) electrons. The number of piperazine rings is 1. The van der Waals surface area contributed by atoms with E-state index in [2.05, 4.69) is 40.2 Å². The van der Waals surface area contributed by atoms with Crippen LogP contribution in [0, 0.1) is 0 Å². The molecule has 1 aromatic heterocycles. The van der Waals surface area contributed by atoms with Crippen molar-refractivity contribution < 1.29 is 9.59 Å². The molecule has 1 aliphatic rings. The zero-order valence-electron chi connectivity index (χ0n) is 17.1. The largest absolute Gasteiger partial charge is 0.347 e. The minimum absolute atomic E-state index is 0.0387. The first kappa shape index (κ1) is 20.3. The summed E-state index contributed by atoms with van der Waals surface area (Å²) in [5.41, 5.74) is 3.44. The second-order valence-corrected chi connectivity index (χ2v) is 7.44. The average molecular weight is 383 g/mol. The first-order chi connectivity index (χ1) is 13.5. The van der Waals surface area contributed by atoms with Crippen LogP contribution < -0.4 is 5.32 Å². The van der Waals surface area contributed by atoms with Gasteiger partial charge >= 0.3 is 0 Å². The molecule has 0 spiro atoms. The summed E-state index contributed by atoms with van der Waals surface area (Å²) < 4.78 is 1.70. The molecule has 1 amide bonds. The highest BCUT2D eigenvalue weighted by Crippen LogP contribution is 2.14. The van der Waals surface area contributed by atoms with Crippen LogP contribution in [-0.4, -0.2) is 58.8 Å². The Bertz CT molecular complexity index is 835. The van der Waals surface area contributed by atoms with Crippen molar-refractivity contribution in [2.75, 3.05) is 32.7 Å². The highest BCUT2D eigenvalue weighted by molar-refractivity contribution is 5.99. The number of aromatic nitrogens is 1. The van der Waals surface area contributed by atoms with Crippen LogP contribution in [0.2, 0.25) is 0 Å². The van der Waals surface area contributed by atoms with Gasteiger partial charge in [0.1, 0.15) is 5.69 Å². The van der Waals surface area contributed by atoms with Gasteiger partial charge < -0.3 is 14.8 Å². The Labute approximate surface area is 167 Å². The van der Waals surface area contributed by atoms with Crippen LogP contribution in [0.25, 0.3) is 0 Å². The van der Waals surface area contributed by atoms with Gasteiger partial charge in [0.05, 0.1) is 0 Å². The lowest BCUT2D eigenvalue weighted by molar-refractivity contribution is 0.0942. The number of carbonyl (C=O) groups excluding carboxylic acids is 2. The molecule has 0 unspecified atom stereocenters. The summed E-state index contributed by atoms with van der Waals surface area (Å²) in [6.45, 7) is 10.6.